The first-order valence-corrected chi connectivity index (χ1v) is 8.54. The zero-order chi connectivity index (χ0) is 16.0. The van der Waals surface area contributed by atoms with E-state index in [-0.39, 0.29) is 4.90 Å². The van der Waals surface area contributed by atoms with Crippen LogP contribution in [0, 0.1) is 6.92 Å². The SMILES string of the molecule is Cc1cccc(Oc2ccc(S(=O)(=O)NCCCN)cc2)c1. The van der Waals surface area contributed by atoms with Gasteiger partial charge in [0.15, 0.2) is 0 Å². The summed E-state index contributed by atoms with van der Waals surface area (Å²) in [6.45, 7) is 2.77. The van der Waals surface area contributed by atoms with Crippen molar-refractivity contribution in [3.63, 3.8) is 0 Å². The van der Waals surface area contributed by atoms with Crippen LogP contribution in [0.1, 0.15) is 12.0 Å². The zero-order valence-corrected chi connectivity index (χ0v) is 13.3. The van der Waals surface area contributed by atoms with Gasteiger partial charge in [-0.3, -0.25) is 0 Å². The van der Waals surface area contributed by atoms with E-state index in [9.17, 15) is 8.42 Å². The van der Waals surface area contributed by atoms with E-state index in [1.54, 1.807) is 12.1 Å². The lowest BCUT2D eigenvalue weighted by atomic mass is 10.2. The molecule has 0 saturated carbocycles. The molecule has 6 heteroatoms. The van der Waals surface area contributed by atoms with Crippen LogP contribution in [-0.4, -0.2) is 21.5 Å². The molecule has 0 spiro atoms. The molecule has 0 fully saturated rings. The summed E-state index contributed by atoms with van der Waals surface area (Å²) in [7, 11) is -3.49. The molecule has 0 aliphatic heterocycles. The molecule has 0 heterocycles. The van der Waals surface area contributed by atoms with E-state index in [4.69, 9.17) is 10.5 Å². The number of benzene rings is 2. The molecule has 2 aromatic rings. The van der Waals surface area contributed by atoms with Crippen LogP contribution < -0.4 is 15.2 Å². The van der Waals surface area contributed by atoms with Crippen LogP contribution in [0.15, 0.2) is 53.4 Å². The normalized spacial score (nSPS) is 11.4. The van der Waals surface area contributed by atoms with Crippen molar-refractivity contribution >= 4 is 10.0 Å². The molecule has 0 aliphatic rings. The first kappa shape index (κ1) is 16.5. The summed E-state index contributed by atoms with van der Waals surface area (Å²) >= 11 is 0. The Bertz CT molecular complexity index is 712. The van der Waals surface area contributed by atoms with E-state index in [1.807, 2.05) is 31.2 Å². The van der Waals surface area contributed by atoms with Crippen molar-refractivity contribution in [2.45, 2.75) is 18.2 Å². The van der Waals surface area contributed by atoms with Crippen molar-refractivity contribution < 1.29 is 13.2 Å². The van der Waals surface area contributed by atoms with E-state index in [0.29, 0.717) is 25.3 Å². The average Bonchev–Trinajstić information content (AvgIpc) is 2.48. The van der Waals surface area contributed by atoms with Gasteiger partial charge in [0, 0.05) is 6.54 Å². The fourth-order valence-electron chi connectivity index (χ4n) is 1.89. The Hall–Kier alpha value is -1.89. The second kappa shape index (κ2) is 7.40. The molecule has 0 bridgehead atoms. The van der Waals surface area contributed by atoms with Crippen LogP contribution in [0.2, 0.25) is 0 Å². The fourth-order valence-corrected chi connectivity index (χ4v) is 2.97. The van der Waals surface area contributed by atoms with Crippen LogP contribution in [0.4, 0.5) is 0 Å². The van der Waals surface area contributed by atoms with Gasteiger partial charge >= 0.3 is 0 Å². The molecule has 5 nitrogen and oxygen atoms in total. The molecule has 0 atom stereocenters. The maximum absolute atomic E-state index is 12.0. The third-order valence-corrected chi connectivity index (χ3v) is 4.51. The molecule has 0 aliphatic carbocycles. The summed E-state index contributed by atoms with van der Waals surface area (Å²) in [5.74, 6) is 1.31. The van der Waals surface area contributed by atoms with Gasteiger partial charge < -0.3 is 10.5 Å². The van der Waals surface area contributed by atoms with E-state index < -0.39 is 10.0 Å². The Morgan fingerprint density at radius 2 is 1.82 bits per heavy atom. The highest BCUT2D eigenvalue weighted by molar-refractivity contribution is 7.89. The molecule has 2 aromatic carbocycles. The Morgan fingerprint density at radius 3 is 2.45 bits per heavy atom. The lowest BCUT2D eigenvalue weighted by Crippen LogP contribution is -2.26. The van der Waals surface area contributed by atoms with E-state index >= 15 is 0 Å². The molecule has 0 saturated heterocycles. The molecular weight excluding hydrogens is 300 g/mol. The van der Waals surface area contributed by atoms with E-state index in [0.717, 1.165) is 11.3 Å². The van der Waals surface area contributed by atoms with Gasteiger partial charge in [0.05, 0.1) is 4.90 Å². The predicted molar refractivity (Wildman–Crippen MR) is 86.6 cm³/mol. The Balaban J connectivity index is 2.07. The molecule has 3 N–H and O–H groups in total. The highest BCUT2D eigenvalue weighted by Crippen LogP contribution is 2.23. The summed E-state index contributed by atoms with van der Waals surface area (Å²) in [6, 6.07) is 14.0. The number of nitrogens with one attached hydrogen (secondary N) is 1. The minimum absolute atomic E-state index is 0.209. The molecule has 0 amide bonds. The number of ether oxygens (including phenoxy) is 1. The highest BCUT2D eigenvalue weighted by Gasteiger charge is 2.13. The number of rotatable bonds is 7. The smallest absolute Gasteiger partial charge is 0.240 e. The molecule has 22 heavy (non-hydrogen) atoms. The molecule has 118 valence electrons. The van der Waals surface area contributed by atoms with Gasteiger partial charge in [-0.1, -0.05) is 12.1 Å². The summed E-state index contributed by atoms with van der Waals surface area (Å²) < 4.78 is 32.3. The molecule has 0 unspecified atom stereocenters. The van der Waals surface area contributed by atoms with Crippen molar-refractivity contribution in [2.24, 2.45) is 5.73 Å². The lowest BCUT2D eigenvalue weighted by molar-refractivity contribution is 0.481. The van der Waals surface area contributed by atoms with Crippen molar-refractivity contribution in [2.75, 3.05) is 13.1 Å². The number of hydrogen-bond donors (Lipinski definition) is 2. The van der Waals surface area contributed by atoms with Gasteiger partial charge in [-0.05, 0) is 61.9 Å². The summed E-state index contributed by atoms with van der Waals surface area (Å²) in [4.78, 5) is 0.209. The zero-order valence-electron chi connectivity index (χ0n) is 12.5. The van der Waals surface area contributed by atoms with Crippen LogP contribution in [0.25, 0.3) is 0 Å². The minimum atomic E-state index is -3.49. The minimum Gasteiger partial charge on any atom is -0.457 e. The summed E-state index contributed by atoms with van der Waals surface area (Å²) in [6.07, 6.45) is 0.605. The largest absolute Gasteiger partial charge is 0.457 e. The second-order valence-electron chi connectivity index (χ2n) is 4.93. The number of hydrogen-bond acceptors (Lipinski definition) is 4. The van der Waals surface area contributed by atoms with Gasteiger partial charge in [0.25, 0.3) is 0 Å². The van der Waals surface area contributed by atoms with Gasteiger partial charge in [0.1, 0.15) is 11.5 Å². The van der Waals surface area contributed by atoms with E-state index in [2.05, 4.69) is 4.72 Å². The Labute approximate surface area is 131 Å². The van der Waals surface area contributed by atoms with Crippen LogP contribution in [0.3, 0.4) is 0 Å². The monoisotopic (exact) mass is 320 g/mol. The number of sulfonamides is 1. The van der Waals surface area contributed by atoms with Crippen molar-refractivity contribution in [3.05, 3.63) is 54.1 Å². The van der Waals surface area contributed by atoms with Crippen LogP contribution in [-0.2, 0) is 10.0 Å². The molecule has 2 rings (SSSR count). The maximum atomic E-state index is 12.0. The maximum Gasteiger partial charge on any atom is 0.240 e. The Kier molecular flexibility index (Phi) is 5.54. The van der Waals surface area contributed by atoms with Crippen molar-refractivity contribution in [1.29, 1.82) is 0 Å². The first-order valence-electron chi connectivity index (χ1n) is 7.05. The number of aryl methyl sites for hydroxylation is 1. The Morgan fingerprint density at radius 1 is 1.09 bits per heavy atom. The molecular formula is C16H20N2O3S. The van der Waals surface area contributed by atoms with Crippen LogP contribution >= 0.6 is 0 Å². The average molecular weight is 320 g/mol. The third-order valence-electron chi connectivity index (χ3n) is 3.03. The summed E-state index contributed by atoms with van der Waals surface area (Å²) in [5, 5.41) is 0. The topological polar surface area (TPSA) is 81.4 Å². The quantitative estimate of drug-likeness (QED) is 0.768. The van der Waals surface area contributed by atoms with Gasteiger partial charge in [-0.15, -0.1) is 0 Å². The predicted octanol–water partition coefficient (Wildman–Crippen LogP) is 2.41. The van der Waals surface area contributed by atoms with Crippen molar-refractivity contribution in [1.82, 2.24) is 4.72 Å². The summed E-state index contributed by atoms with van der Waals surface area (Å²) in [5.41, 5.74) is 6.45. The van der Waals surface area contributed by atoms with E-state index in [1.165, 1.54) is 12.1 Å². The number of nitrogens with two attached hydrogens (primary N) is 1. The first-order chi connectivity index (χ1) is 10.5. The molecule has 0 radical (unpaired) electrons. The van der Waals surface area contributed by atoms with Gasteiger partial charge in [-0.25, -0.2) is 13.1 Å². The van der Waals surface area contributed by atoms with Crippen LogP contribution in [0.5, 0.6) is 11.5 Å². The second-order valence-corrected chi connectivity index (χ2v) is 6.70. The van der Waals surface area contributed by atoms with Gasteiger partial charge in [-0.2, -0.15) is 0 Å². The highest BCUT2D eigenvalue weighted by atomic mass is 32.2. The third kappa shape index (κ3) is 4.56. The van der Waals surface area contributed by atoms with Crippen molar-refractivity contribution in [3.8, 4) is 11.5 Å². The molecule has 0 aromatic heterocycles. The lowest BCUT2D eigenvalue weighted by Gasteiger charge is -2.09. The van der Waals surface area contributed by atoms with Gasteiger partial charge in [0.2, 0.25) is 10.0 Å². The fraction of sp³-hybridized carbons (Fsp3) is 0.250. The standard InChI is InChI=1S/C16H20N2O3S/c1-13-4-2-5-15(12-13)21-14-6-8-16(9-7-14)22(19,20)18-11-3-10-17/h2,4-9,12,18H,3,10-11,17H2,1H3.